The minimum Gasteiger partial charge on any atom is -0.384 e. The fourth-order valence-corrected chi connectivity index (χ4v) is 4.89. The van der Waals surface area contributed by atoms with E-state index in [1.807, 2.05) is 60.0 Å². The number of nitrogens with two attached hydrogens (primary N) is 1. The number of benzene rings is 2. The van der Waals surface area contributed by atoms with Gasteiger partial charge in [0.2, 0.25) is 0 Å². The van der Waals surface area contributed by atoms with E-state index < -0.39 is 0 Å². The monoisotopic (exact) mass is 410 g/mol. The van der Waals surface area contributed by atoms with Crippen molar-refractivity contribution in [3.63, 3.8) is 0 Å². The third kappa shape index (κ3) is 3.04. The van der Waals surface area contributed by atoms with Crippen molar-refractivity contribution in [3.8, 4) is 11.8 Å². The number of hydrogen-bond donors (Lipinski definition) is 2. The molecule has 3 N–H and O–H groups in total. The van der Waals surface area contributed by atoms with Gasteiger partial charge in [0.15, 0.2) is 3.95 Å². The first-order chi connectivity index (χ1) is 13.0. The molecule has 1 atom stereocenters. The summed E-state index contributed by atoms with van der Waals surface area (Å²) in [7, 11) is 0. The van der Waals surface area contributed by atoms with Crippen LogP contribution >= 0.6 is 35.2 Å². The predicted octanol–water partition coefficient (Wildman–Crippen LogP) is 5.48. The topological polar surface area (TPSA) is 66.8 Å². The Labute approximate surface area is 171 Å². The standard InChI is InChI=1S/C20H15ClN4S2/c1-11-2-8-14(9-3-11)25-19-17(27-20(25)26)16(15(10-22)18(23)24-19)12-4-6-13(21)7-5-12/h2-9,16,24H,23H2,1H3. The minimum absolute atomic E-state index is 0.276. The molecule has 0 aliphatic carbocycles. The van der Waals surface area contributed by atoms with Gasteiger partial charge < -0.3 is 11.1 Å². The van der Waals surface area contributed by atoms with E-state index in [1.165, 1.54) is 16.9 Å². The smallest absolute Gasteiger partial charge is 0.167 e. The average molecular weight is 411 g/mol. The summed E-state index contributed by atoms with van der Waals surface area (Å²) in [6.45, 7) is 2.04. The molecule has 27 heavy (non-hydrogen) atoms. The zero-order valence-electron chi connectivity index (χ0n) is 14.4. The van der Waals surface area contributed by atoms with Crippen molar-refractivity contribution in [2.24, 2.45) is 5.73 Å². The first kappa shape index (κ1) is 17.8. The van der Waals surface area contributed by atoms with Crippen LogP contribution in [0.1, 0.15) is 21.9 Å². The molecule has 2 aromatic carbocycles. The van der Waals surface area contributed by atoms with E-state index in [0.717, 1.165) is 21.9 Å². The van der Waals surface area contributed by atoms with E-state index in [0.29, 0.717) is 20.4 Å². The number of nitriles is 1. The highest BCUT2D eigenvalue weighted by atomic mass is 35.5. The molecule has 0 radical (unpaired) electrons. The van der Waals surface area contributed by atoms with E-state index in [1.54, 1.807) is 0 Å². The second-order valence-electron chi connectivity index (χ2n) is 6.30. The summed E-state index contributed by atoms with van der Waals surface area (Å²) in [5.74, 6) is 0.880. The van der Waals surface area contributed by atoms with Crippen molar-refractivity contribution in [2.75, 3.05) is 5.32 Å². The van der Waals surface area contributed by atoms with Crippen molar-refractivity contribution in [2.45, 2.75) is 12.8 Å². The maximum atomic E-state index is 9.71. The lowest BCUT2D eigenvalue weighted by Crippen LogP contribution is -2.23. The Morgan fingerprint density at radius 2 is 1.85 bits per heavy atom. The normalized spacial score (nSPS) is 15.8. The van der Waals surface area contributed by atoms with E-state index >= 15 is 0 Å². The van der Waals surface area contributed by atoms with Crippen molar-refractivity contribution in [1.29, 1.82) is 5.26 Å². The Balaban J connectivity index is 1.94. The summed E-state index contributed by atoms with van der Waals surface area (Å²) in [5.41, 5.74) is 9.79. The molecule has 1 aromatic heterocycles. The van der Waals surface area contributed by atoms with Gasteiger partial charge in [-0.3, -0.25) is 4.57 Å². The Kier molecular flexibility index (Phi) is 4.52. The number of aryl methyl sites for hydroxylation is 1. The van der Waals surface area contributed by atoms with Crippen LogP contribution in [-0.2, 0) is 0 Å². The number of thiazole rings is 1. The van der Waals surface area contributed by atoms with E-state index in [4.69, 9.17) is 29.6 Å². The second kappa shape index (κ2) is 6.86. The summed E-state index contributed by atoms with van der Waals surface area (Å²) < 4.78 is 2.67. The molecule has 0 saturated carbocycles. The maximum absolute atomic E-state index is 9.71. The molecule has 0 saturated heterocycles. The van der Waals surface area contributed by atoms with E-state index in [-0.39, 0.29) is 5.92 Å². The molecule has 0 bridgehead atoms. The summed E-state index contributed by atoms with van der Waals surface area (Å²) in [4.78, 5) is 0.966. The molecule has 1 unspecified atom stereocenters. The van der Waals surface area contributed by atoms with Crippen LogP contribution in [0.4, 0.5) is 5.82 Å². The van der Waals surface area contributed by atoms with Gasteiger partial charge in [-0.1, -0.05) is 41.4 Å². The molecule has 1 aliphatic heterocycles. The molecule has 4 rings (SSSR count). The number of halogens is 1. The van der Waals surface area contributed by atoms with Gasteiger partial charge in [0, 0.05) is 10.7 Å². The van der Waals surface area contributed by atoms with E-state index in [2.05, 4.69) is 11.4 Å². The number of allylic oxidation sites excluding steroid dienone is 1. The Morgan fingerprint density at radius 3 is 2.48 bits per heavy atom. The summed E-state index contributed by atoms with van der Waals surface area (Å²) in [6.07, 6.45) is 0. The lowest BCUT2D eigenvalue weighted by atomic mass is 9.88. The van der Waals surface area contributed by atoms with Crippen molar-refractivity contribution in [1.82, 2.24) is 4.57 Å². The highest BCUT2D eigenvalue weighted by Crippen LogP contribution is 2.45. The number of nitrogens with zero attached hydrogens (tertiary/aromatic N) is 2. The van der Waals surface area contributed by atoms with Gasteiger partial charge in [0.05, 0.1) is 22.4 Å². The van der Waals surface area contributed by atoms with Gasteiger partial charge >= 0.3 is 0 Å². The SMILES string of the molecule is Cc1ccc(-n2c3c(sc2=S)C(c2ccc(Cl)cc2)C(C#N)=C(N)N3)cc1. The molecule has 134 valence electrons. The minimum atomic E-state index is -0.276. The molecule has 3 aromatic rings. The number of anilines is 1. The fraction of sp³-hybridized carbons (Fsp3) is 0.100. The highest BCUT2D eigenvalue weighted by Gasteiger charge is 2.33. The number of aromatic nitrogens is 1. The molecule has 1 aliphatic rings. The number of fused-ring (bicyclic) bond motifs is 1. The first-order valence-corrected chi connectivity index (χ1v) is 9.85. The van der Waals surface area contributed by atoms with Crippen molar-refractivity contribution >= 4 is 41.0 Å². The third-order valence-electron chi connectivity index (χ3n) is 4.55. The molecular weight excluding hydrogens is 396 g/mol. The quantitative estimate of drug-likeness (QED) is 0.549. The molecule has 0 amide bonds. The van der Waals surface area contributed by atoms with Gasteiger partial charge in [-0.15, -0.1) is 11.3 Å². The van der Waals surface area contributed by atoms with Gasteiger partial charge in [-0.25, -0.2) is 0 Å². The predicted molar refractivity (Wildman–Crippen MR) is 113 cm³/mol. The van der Waals surface area contributed by atoms with Crippen molar-refractivity contribution < 1.29 is 0 Å². The largest absolute Gasteiger partial charge is 0.384 e. The van der Waals surface area contributed by atoms with Crippen molar-refractivity contribution in [3.05, 3.63) is 84.9 Å². The van der Waals surface area contributed by atoms with E-state index in [9.17, 15) is 5.26 Å². The lowest BCUT2D eigenvalue weighted by Gasteiger charge is -2.25. The molecule has 0 fully saturated rings. The molecule has 0 spiro atoms. The third-order valence-corrected chi connectivity index (χ3v) is 6.24. The summed E-state index contributed by atoms with van der Waals surface area (Å²) in [6, 6.07) is 17.9. The molecular formula is C20H15ClN4S2. The first-order valence-electron chi connectivity index (χ1n) is 8.24. The fourth-order valence-electron chi connectivity index (χ4n) is 3.21. The van der Waals surface area contributed by atoms with Gasteiger partial charge in [0.25, 0.3) is 0 Å². The Hall–Kier alpha value is -2.59. The maximum Gasteiger partial charge on any atom is 0.167 e. The van der Waals surface area contributed by atoms with Crippen LogP contribution in [0.25, 0.3) is 5.69 Å². The lowest BCUT2D eigenvalue weighted by molar-refractivity contribution is 0.923. The van der Waals surface area contributed by atoms with Crippen LogP contribution in [0.15, 0.2) is 59.9 Å². The van der Waals surface area contributed by atoms with Crippen LogP contribution < -0.4 is 11.1 Å². The summed E-state index contributed by atoms with van der Waals surface area (Å²) >= 11 is 13.2. The highest BCUT2D eigenvalue weighted by molar-refractivity contribution is 7.73. The van der Waals surface area contributed by atoms with Crippen LogP contribution in [-0.4, -0.2) is 4.57 Å². The molecule has 7 heteroatoms. The zero-order chi connectivity index (χ0) is 19.1. The van der Waals surface area contributed by atoms with Crippen LogP contribution in [0.2, 0.25) is 5.02 Å². The van der Waals surface area contributed by atoms with Crippen LogP contribution in [0.3, 0.4) is 0 Å². The molecule has 2 heterocycles. The second-order valence-corrected chi connectivity index (χ2v) is 8.41. The van der Waals surface area contributed by atoms with Gasteiger partial charge in [0.1, 0.15) is 11.6 Å². The average Bonchev–Trinajstić information content (AvgIpc) is 2.97. The zero-order valence-corrected chi connectivity index (χ0v) is 16.8. The molecule has 4 nitrogen and oxygen atoms in total. The Morgan fingerprint density at radius 1 is 1.19 bits per heavy atom. The number of hydrogen-bond acceptors (Lipinski definition) is 5. The van der Waals surface area contributed by atoms with Crippen LogP contribution in [0.5, 0.6) is 0 Å². The number of nitrogens with one attached hydrogen (secondary N) is 1. The van der Waals surface area contributed by atoms with Gasteiger partial charge in [-0.2, -0.15) is 5.26 Å². The summed E-state index contributed by atoms with van der Waals surface area (Å²) in [5, 5.41) is 13.6. The van der Waals surface area contributed by atoms with Gasteiger partial charge in [-0.05, 0) is 49.0 Å². The number of rotatable bonds is 2. The Bertz CT molecular complexity index is 1150. The van der Waals surface area contributed by atoms with Crippen LogP contribution in [0, 0.1) is 22.2 Å².